The van der Waals surface area contributed by atoms with Crippen molar-refractivity contribution in [3.05, 3.63) is 35.4 Å². The van der Waals surface area contributed by atoms with E-state index >= 15 is 0 Å². The second kappa shape index (κ2) is 7.00. The van der Waals surface area contributed by atoms with Gasteiger partial charge in [-0.3, -0.25) is 0 Å². The van der Waals surface area contributed by atoms with E-state index in [0.29, 0.717) is 26.1 Å². The summed E-state index contributed by atoms with van der Waals surface area (Å²) < 4.78 is 37.3. The van der Waals surface area contributed by atoms with Crippen LogP contribution in [0.25, 0.3) is 0 Å². The normalized spacial score (nSPS) is 18.5. The molecule has 0 spiro atoms. The Morgan fingerprint density at radius 3 is 2.55 bits per heavy atom. The molecule has 1 unspecified atom stereocenters. The van der Waals surface area contributed by atoms with Crippen molar-refractivity contribution in [3.63, 3.8) is 0 Å². The van der Waals surface area contributed by atoms with Gasteiger partial charge in [-0.2, -0.15) is 13.2 Å². The lowest BCUT2D eigenvalue weighted by Gasteiger charge is -2.17. The number of benzene rings is 1. The van der Waals surface area contributed by atoms with E-state index < -0.39 is 11.7 Å². The minimum atomic E-state index is -4.33. The highest BCUT2D eigenvalue weighted by Crippen LogP contribution is 2.29. The van der Waals surface area contributed by atoms with Crippen LogP contribution in [0.3, 0.4) is 0 Å². The fourth-order valence-corrected chi connectivity index (χ4v) is 2.45. The summed E-state index contributed by atoms with van der Waals surface area (Å²) in [7, 11) is 0. The molecular formula is C15H19F3N2O2. The van der Waals surface area contributed by atoms with Crippen LogP contribution in [0.1, 0.15) is 17.5 Å². The van der Waals surface area contributed by atoms with Gasteiger partial charge in [-0.15, -0.1) is 0 Å². The van der Waals surface area contributed by atoms with Crippen LogP contribution < -0.4 is 5.32 Å². The van der Waals surface area contributed by atoms with Gasteiger partial charge >= 0.3 is 12.2 Å². The summed E-state index contributed by atoms with van der Waals surface area (Å²) in [5.41, 5.74) is 0.0651. The monoisotopic (exact) mass is 316 g/mol. The summed E-state index contributed by atoms with van der Waals surface area (Å²) in [4.78, 5) is 13.5. The number of alkyl halides is 3. The summed E-state index contributed by atoms with van der Waals surface area (Å²) in [5, 5.41) is 11.8. The Labute approximate surface area is 126 Å². The molecule has 1 aliphatic rings. The van der Waals surface area contributed by atoms with Crippen LogP contribution in [0.15, 0.2) is 24.3 Å². The first-order valence-electron chi connectivity index (χ1n) is 7.20. The lowest BCUT2D eigenvalue weighted by Crippen LogP contribution is -2.39. The van der Waals surface area contributed by atoms with Crippen LogP contribution in [-0.4, -0.2) is 42.3 Å². The lowest BCUT2D eigenvalue weighted by molar-refractivity contribution is -0.137. The molecule has 1 saturated heterocycles. The van der Waals surface area contributed by atoms with E-state index in [1.807, 2.05) is 0 Å². The first kappa shape index (κ1) is 16.6. The maximum Gasteiger partial charge on any atom is 0.416 e. The average molecular weight is 316 g/mol. The van der Waals surface area contributed by atoms with Crippen molar-refractivity contribution < 1.29 is 23.1 Å². The van der Waals surface area contributed by atoms with Gasteiger partial charge in [0.15, 0.2) is 0 Å². The van der Waals surface area contributed by atoms with Gasteiger partial charge in [-0.25, -0.2) is 4.79 Å². The van der Waals surface area contributed by atoms with Crippen molar-refractivity contribution in [2.45, 2.75) is 19.0 Å². The van der Waals surface area contributed by atoms with Gasteiger partial charge in [0.05, 0.1) is 5.56 Å². The molecule has 4 nitrogen and oxygen atoms in total. The maximum absolute atomic E-state index is 12.4. The van der Waals surface area contributed by atoms with Gasteiger partial charge in [0, 0.05) is 32.2 Å². The number of halogens is 3. The topological polar surface area (TPSA) is 52.6 Å². The minimum absolute atomic E-state index is 0.0787. The number of urea groups is 1. The number of rotatable bonds is 4. The van der Waals surface area contributed by atoms with Crippen LogP contribution >= 0.6 is 0 Å². The summed E-state index contributed by atoms with van der Waals surface area (Å²) in [6.07, 6.45) is -3.06. The zero-order chi connectivity index (χ0) is 16.2. The van der Waals surface area contributed by atoms with E-state index in [-0.39, 0.29) is 18.6 Å². The second-order valence-corrected chi connectivity index (χ2v) is 5.46. The smallest absolute Gasteiger partial charge is 0.396 e. The Balaban J connectivity index is 1.75. The number of hydrogen-bond donors (Lipinski definition) is 2. The summed E-state index contributed by atoms with van der Waals surface area (Å²) >= 11 is 0. The van der Waals surface area contributed by atoms with Crippen molar-refractivity contribution in [2.24, 2.45) is 5.92 Å². The molecule has 0 aromatic heterocycles. The second-order valence-electron chi connectivity index (χ2n) is 5.46. The molecule has 0 aliphatic carbocycles. The van der Waals surface area contributed by atoms with Gasteiger partial charge in [-0.1, -0.05) is 12.1 Å². The number of aliphatic hydroxyl groups is 1. The van der Waals surface area contributed by atoms with E-state index in [2.05, 4.69) is 5.32 Å². The molecule has 1 aliphatic heterocycles. The summed E-state index contributed by atoms with van der Waals surface area (Å²) in [6, 6.07) is 4.74. The first-order valence-corrected chi connectivity index (χ1v) is 7.20. The van der Waals surface area contributed by atoms with Crippen molar-refractivity contribution in [2.75, 3.05) is 26.2 Å². The highest BCUT2D eigenvalue weighted by Gasteiger charge is 2.30. The Morgan fingerprint density at radius 1 is 1.32 bits per heavy atom. The van der Waals surface area contributed by atoms with Crippen LogP contribution in [0.2, 0.25) is 0 Å². The zero-order valence-corrected chi connectivity index (χ0v) is 12.1. The molecule has 1 heterocycles. The maximum atomic E-state index is 12.4. The highest BCUT2D eigenvalue weighted by molar-refractivity contribution is 5.74. The third-order valence-electron chi connectivity index (χ3n) is 3.80. The quantitative estimate of drug-likeness (QED) is 0.895. The lowest BCUT2D eigenvalue weighted by atomic mass is 10.1. The molecule has 2 rings (SSSR count). The molecule has 1 aromatic carbocycles. The number of carbonyl (C=O) groups excluding carboxylic acids is 1. The number of nitrogens with one attached hydrogen (secondary N) is 1. The molecule has 2 amide bonds. The number of aliphatic hydroxyl groups excluding tert-OH is 1. The van der Waals surface area contributed by atoms with E-state index in [9.17, 15) is 18.0 Å². The van der Waals surface area contributed by atoms with Crippen LogP contribution in [-0.2, 0) is 12.6 Å². The van der Waals surface area contributed by atoms with Crippen molar-refractivity contribution >= 4 is 6.03 Å². The van der Waals surface area contributed by atoms with Gasteiger partial charge in [0.1, 0.15) is 0 Å². The molecule has 122 valence electrons. The van der Waals surface area contributed by atoms with Crippen LogP contribution in [0.4, 0.5) is 18.0 Å². The van der Waals surface area contributed by atoms with Gasteiger partial charge in [0.2, 0.25) is 0 Å². The summed E-state index contributed by atoms with van der Waals surface area (Å²) in [5.74, 6) is 0.140. The molecule has 1 aromatic rings. The number of hydrogen-bond acceptors (Lipinski definition) is 2. The Kier molecular flexibility index (Phi) is 5.28. The molecule has 0 saturated carbocycles. The first-order chi connectivity index (χ1) is 10.4. The van der Waals surface area contributed by atoms with Crippen LogP contribution in [0.5, 0.6) is 0 Å². The van der Waals surface area contributed by atoms with E-state index in [1.165, 1.54) is 12.1 Å². The van der Waals surface area contributed by atoms with Gasteiger partial charge < -0.3 is 15.3 Å². The fraction of sp³-hybridized carbons (Fsp3) is 0.533. The largest absolute Gasteiger partial charge is 0.416 e. The number of amides is 2. The van der Waals surface area contributed by atoms with Crippen molar-refractivity contribution in [1.29, 1.82) is 0 Å². The number of nitrogens with zero attached hydrogens (tertiary/aromatic N) is 1. The Morgan fingerprint density at radius 2 is 2.00 bits per heavy atom. The zero-order valence-electron chi connectivity index (χ0n) is 12.1. The van der Waals surface area contributed by atoms with Crippen molar-refractivity contribution in [1.82, 2.24) is 10.2 Å². The average Bonchev–Trinajstić information content (AvgIpc) is 2.96. The SMILES string of the molecule is O=C(NCCc1ccc(C(F)(F)F)cc1)N1CCC(CO)C1. The molecule has 1 fully saturated rings. The predicted molar refractivity (Wildman–Crippen MR) is 75.3 cm³/mol. The highest BCUT2D eigenvalue weighted by atomic mass is 19.4. The Bertz CT molecular complexity index is 503. The van der Waals surface area contributed by atoms with Crippen molar-refractivity contribution in [3.8, 4) is 0 Å². The van der Waals surface area contributed by atoms with Gasteiger partial charge in [0.25, 0.3) is 0 Å². The third-order valence-corrected chi connectivity index (χ3v) is 3.80. The standard InChI is InChI=1S/C15H19F3N2O2/c16-15(17,18)13-3-1-11(2-4-13)5-7-19-14(22)20-8-6-12(9-20)10-21/h1-4,12,21H,5-10H2,(H,19,22). The number of carbonyl (C=O) groups is 1. The molecule has 0 radical (unpaired) electrons. The fourth-order valence-electron chi connectivity index (χ4n) is 2.45. The third kappa shape index (κ3) is 4.37. The van der Waals surface area contributed by atoms with Crippen LogP contribution in [0, 0.1) is 5.92 Å². The molecule has 7 heteroatoms. The summed E-state index contributed by atoms with van der Waals surface area (Å²) in [6.45, 7) is 1.61. The van der Waals surface area contributed by atoms with E-state index in [4.69, 9.17) is 5.11 Å². The Hall–Kier alpha value is -1.76. The predicted octanol–water partition coefficient (Wildman–Crippen LogP) is 2.27. The minimum Gasteiger partial charge on any atom is -0.396 e. The number of likely N-dealkylation sites (tertiary alicyclic amines) is 1. The molecule has 22 heavy (non-hydrogen) atoms. The molecule has 2 N–H and O–H groups in total. The van der Waals surface area contributed by atoms with Gasteiger partial charge in [-0.05, 0) is 30.5 Å². The van der Waals surface area contributed by atoms with E-state index in [1.54, 1.807) is 4.90 Å². The van der Waals surface area contributed by atoms with E-state index in [0.717, 1.165) is 24.1 Å². The molecular weight excluding hydrogens is 297 g/mol. The molecule has 0 bridgehead atoms. The molecule has 1 atom stereocenters.